The van der Waals surface area contributed by atoms with Crippen LogP contribution in [0.25, 0.3) is 0 Å². The van der Waals surface area contributed by atoms with Crippen molar-refractivity contribution < 1.29 is 14.6 Å². The molecule has 0 spiro atoms. The van der Waals surface area contributed by atoms with Gasteiger partial charge in [0.25, 0.3) is 0 Å². The maximum Gasteiger partial charge on any atom is 0.410 e. The van der Waals surface area contributed by atoms with Crippen LogP contribution in [0, 0.1) is 11.3 Å². The summed E-state index contributed by atoms with van der Waals surface area (Å²) in [5.41, 5.74) is -0.187. The van der Waals surface area contributed by atoms with Gasteiger partial charge in [0.1, 0.15) is 5.60 Å². The first kappa shape index (κ1) is 17.6. The molecule has 0 bridgehead atoms. The quantitative estimate of drug-likeness (QED) is 0.858. The van der Waals surface area contributed by atoms with Crippen LogP contribution in [0.4, 0.5) is 4.79 Å². The molecule has 2 rings (SSSR count). The summed E-state index contributed by atoms with van der Waals surface area (Å²) in [4.78, 5) is 14.1. The Kier molecular flexibility index (Phi) is 5.76. The average molecular weight is 311 g/mol. The largest absolute Gasteiger partial charge is 0.444 e. The van der Waals surface area contributed by atoms with Crippen LogP contribution in [-0.4, -0.2) is 41.4 Å². The summed E-state index contributed by atoms with van der Waals surface area (Å²) < 4.78 is 5.49. The number of amides is 1. The summed E-state index contributed by atoms with van der Waals surface area (Å²) in [7, 11) is 0. The second kappa shape index (κ2) is 7.20. The molecule has 4 nitrogen and oxygen atoms in total. The van der Waals surface area contributed by atoms with Gasteiger partial charge in [-0.1, -0.05) is 19.3 Å². The molecule has 1 heterocycles. The van der Waals surface area contributed by atoms with Crippen LogP contribution in [0.15, 0.2) is 0 Å². The Labute approximate surface area is 135 Å². The Balaban J connectivity index is 1.95. The number of aliphatic hydroxyl groups is 1. The van der Waals surface area contributed by atoms with E-state index >= 15 is 0 Å². The fraction of sp³-hybridized carbons (Fsp3) is 0.944. The van der Waals surface area contributed by atoms with Gasteiger partial charge >= 0.3 is 6.09 Å². The standard InChI is InChI=1S/C18H33NO3/c1-17(2,3)22-16(21)19-12-9-18(10-13-19,11-14-20)15-7-5-4-6-8-15/h15,20H,4-14H2,1-3H3. The van der Waals surface area contributed by atoms with E-state index in [-0.39, 0.29) is 18.1 Å². The number of carbonyl (C=O) groups excluding carboxylic acids is 1. The van der Waals surface area contributed by atoms with Crippen LogP contribution >= 0.6 is 0 Å². The molecule has 1 N–H and O–H groups in total. The van der Waals surface area contributed by atoms with Gasteiger partial charge in [-0.25, -0.2) is 4.79 Å². The summed E-state index contributed by atoms with van der Waals surface area (Å²) >= 11 is 0. The third-order valence-corrected chi connectivity index (χ3v) is 5.49. The van der Waals surface area contributed by atoms with Crippen LogP contribution in [0.2, 0.25) is 0 Å². The van der Waals surface area contributed by atoms with E-state index in [2.05, 4.69) is 0 Å². The zero-order chi connectivity index (χ0) is 16.2. The fourth-order valence-electron chi connectivity index (χ4n) is 4.26. The zero-order valence-corrected chi connectivity index (χ0v) is 14.6. The van der Waals surface area contributed by atoms with Crippen molar-refractivity contribution in [2.45, 2.75) is 77.7 Å². The number of nitrogens with zero attached hydrogens (tertiary/aromatic N) is 1. The van der Waals surface area contributed by atoms with Crippen LogP contribution in [0.3, 0.4) is 0 Å². The highest BCUT2D eigenvalue weighted by atomic mass is 16.6. The van der Waals surface area contributed by atoms with E-state index in [4.69, 9.17) is 4.74 Å². The van der Waals surface area contributed by atoms with Gasteiger partial charge < -0.3 is 14.7 Å². The van der Waals surface area contributed by atoms with Gasteiger partial charge in [-0.05, 0) is 64.2 Å². The van der Waals surface area contributed by atoms with E-state index in [9.17, 15) is 9.90 Å². The molecule has 1 amide bonds. The third kappa shape index (κ3) is 4.37. The van der Waals surface area contributed by atoms with Gasteiger partial charge in [-0.3, -0.25) is 0 Å². The maximum atomic E-state index is 12.2. The summed E-state index contributed by atoms with van der Waals surface area (Å²) in [6.45, 7) is 7.53. The number of rotatable bonds is 3. The van der Waals surface area contributed by atoms with Crippen molar-refractivity contribution in [2.75, 3.05) is 19.7 Å². The number of hydrogen-bond acceptors (Lipinski definition) is 3. The highest BCUT2D eigenvalue weighted by Gasteiger charge is 2.42. The predicted octanol–water partition coefficient (Wildman–Crippen LogP) is 3.97. The lowest BCUT2D eigenvalue weighted by Crippen LogP contribution is -2.48. The minimum Gasteiger partial charge on any atom is -0.444 e. The van der Waals surface area contributed by atoms with Gasteiger partial charge in [0.05, 0.1) is 0 Å². The minimum atomic E-state index is -0.430. The summed E-state index contributed by atoms with van der Waals surface area (Å²) in [5.74, 6) is 0.731. The molecule has 22 heavy (non-hydrogen) atoms. The number of aliphatic hydroxyl groups excluding tert-OH is 1. The van der Waals surface area contributed by atoms with E-state index in [1.807, 2.05) is 25.7 Å². The van der Waals surface area contributed by atoms with Crippen LogP contribution < -0.4 is 0 Å². The zero-order valence-electron chi connectivity index (χ0n) is 14.6. The van der Waals surface area contributed by atoms with Gasteiger partial charge in [0.2, 0.25) is 0 Å². The SMILES string of the molecule is CC(C)(C)OC(=O)N1CCC(CCO)(C2CCCCC2)CC1. The monoisotopic (exact) mass is 311 g/mol. The molecule has 2 fully saturated rings. The Bertz CT molecular complexity index is 361. The topological polar surface area (TPSA) is 49.8 Å². The molecule has 2 aliphatic rings. The van der Waals surface area contributed by atoms with Gasteiger partial charge in [-0.15, -0.1) is 0 Å². The molecule has 0 unspecified atom stereocenters. The Morgan fingerprint density at radius 1 is 1.18 bits per heavy atom. The Morgan fingerprint density at radius 3 is 2.27 bits per heavy atom. The molecule has 1 aliphatic carbocycles. The predicted molar refractivity (Wildman–Crippen MR) is 87.8 cm³/mol. The maximum absolute atomic E-state index is 12.2. The van der Waals surface area contributed by atoms with Crippen molar-refractivity contribution in [1.29, 1.82) is 0 Å². The molecule has 4 heteroatoms. The Hall–Kier alpha value is -0.770. The lowest BCUT2D eigenvalue weighted by atomic mass is 9.62. The third-order valence-electron chi connectivity index (χ3n) is 5.49. The summed E-state index contributed by atoms with van der Waals surface area (Å²) in [6, 6.07) is 0. The number of hydrogen-bond donors (Lipinski definition) is 1. The van der Waals surface area contributed by atoms with Crippen LogP contribution in [-0.2, 0) is 4.74 Å². The van der Waals surface area contributed by atoms with E-state index in [1.165, 1.54) is 32.1 Å². The number of ether oxygens (including phenoxy) is 1. The second-order valence-electron chi connectivity index (χ2n) is 8.14. The summed E-state index contributed by atoms with van der Waals surface area (Å²) in [5, 5.41) is 9.54. The van der Waals surface area contributed by atoms with Gasteiger partial charge in [-0.2, -0.15) is 0 Å². The lowest BCUT2D eigenvalue weighted by Gasteiger charge is -2.48. The molecular formula is C18H33NO3. The highest BCUT2D eigenvalue weighted by molar-refractivity contribution is 5.68. The van der Waals surface area contributed by atoms with E-state index in [0.717, 1.165) is 38.3 Å². The van der Waals surface area contributed by atoms with Crippen molar-refractivity contribution in [3.05, 3.63) is 0 Å². The fourth-order valence-corrected chi connectivity index (χ4v) is 4.26. The highest BCUT2D eigenvalue weighted by Crippen LogP contribution is 2.48. The van der Waals surface area contributed by atoms with E-state index in [1.54, 1.807) is 0 Å². The number of carbonyl (C=O) groups is 1. The molecule has 0 aromatic carbocycles. The second-order valence-corrected chi connectivity index (χ2v) is 8.14. The first-order chi connectivity index (χ1) is 10.4. The molecule has 0 aromatic rings. The van der Waals surface area contributed by atoms with Crippen molar-refractivity contribution in [3.63, 3.8) is 0 Å². The molecular weight excluding hydrogens is 278 g/mol. The van der Waals surface area contributed by atoms with Crippen molar-refractivity contribution in [2.24, 2.45) is 11.3 Å². The first-order valence-electron chi connectivity index (χ1n) is 8.95. The summed E-state index contributed by atoms with van der Waals surface area (Å²) in [6.07, 6.45) is 9.33. The normalized spacial score (nSPS) is 23.4. The number of likely N-dealkylation sites (tertiary alicyclic amines) is 1. The molecule has 1 aliphatic heterocycles. The number of piperidine rings is 1. The van der Waals surface area contributed by atoms with Crippen LogP contribution in [0.1, 0.15) is 72.1 Å². The van der Waals surface area contributed by atoms with Crippen molar-refractivity contribution in [1.82, 2.24) is 4.90 Å². The van der Waals surface area contributed by atoms with E-state index in [0.29, 0.717) is 0 Å². The van der Waals surface area contributed by atoms with Gasteiger partial charge in [0, 0.05) is 19.7 Å². The molecule has 0 atom stereocenters. The molecule has 1 saturated heterocycles. The van der Waals surface area contributed by atoms with Crippen molar-refractivity contribution in [3.8, 4) is 0 Å². The molecule has 0 aromatic heterocycles. The van der Waals surface area contributed by atoms with E-state index < -0.39 is 5.60 Å². The molecule has 0 radical (unpaired) electrons. The lowest BCUT2D eigenvalue weighted by molar-refractivity contribution is -0.0142. The average Bonchev–Trinajstić information content (AvgIpc) is 2.47. The van der Waals surface area contributed by atoms with Crippen molar-refractivity contribution >= 4 is 6.09 Å². The molecule has 128 valence electrons. The first-order valence-corrected chi connectivity index (χ1v) is 8.95. The minimum absolute atomic E-state index is 0.186. The smallest absolute Gasteiger partial charge is 0.410 e. The molecule has 1 saturated carbocycles. The van der Waals surface area contributed by atoms with Crippen LogP contribution in [0.5, 0.6) is 0 Å². The Morgan fingerprint density at radius 2 is 1.77 bits per heavy atom. The van der Waals surface area contributed by atoms with Gasteiger partial charge in [0.15, 0.2) is 0 Å².